The Morgan fingerprint density at radius 3 is 2.12 bits per heavy atom. The number of aliphatic hydroxyl groups excluding tert-OH is 6. The molecule has 15 heteroatoms. The van der Waals surface area contributed by atoms with Gasteiger partial charge in [0, 0.05) is 29.7 Å². The van der Waals surface area contributed by atoms with E-state index in [0.717, 1.165) is 24.3 Å². The number of rotatable bonds is 6. The first-order valence-electron chi connectivity index (χ1n) is 13.3. The maximum absolute atomic E-state index is 13.7. The van der Waals surface area contributed by atoms with Crippen LogP contribution in [0, 0.1) is 0 Å². The van der Waals surface area contributed by atoms with Gasteiger partial charge in [-0.1, -0.05) is 0 Å². The summed E-state index contributed by atoms with van der Waals surface area (Å²) < 4.78 is 22.6. The topological polar surface area (TPSA) is 260 Å². The van der Waals surface area contributed by atoms with Crippen molar-refractivity contribution in [1.29, 1.82) is 0 Å². The maximum Gasteiger partial charge on any atom is 0.200 e. The zero-order valence-corrected chi connectivity index (χ0v) is 22.6. The van der Waals surface area contributed by atoms with Crippen molar-refractivity contribution < 1.29 is 69.7 Å². The molecule has 10 N–H and O–H groups in total. The molecule has 2 aliphatic rings. The fourth-order valence-corrected chi connectivity index (χ4v) is 5.28. The fraction of sp³-hybridized carbons (Fsp3) is 0.464. The Morgan fingerprint density at radius 1 is 0.744 bits per heavy atom. The van der Waals surface area contributed by atoms with Crippen molar-refractivity contribution in [3.8, 4) is 34.3 Å². The Hall–Kier alpha value is -3.51. The van der Waals surface area contributed by atoms with E-state index >= 15 is 0 Å². The van der Waals surface area contributed by atoms with Crippen LogP contribution in [-0.4, -0.2) is 119 Å². The summed E-state index contributed by atoms with van der Waals surface area (Å²) in [6, 6.07) is 5.56. The second-order valence-electron chi connectivity index (χ2n) is 10.7. The summed E-state index contributed by atoms with van der Waals surface area (Å²) in [5, 5.41) is 102. The SMILES string of the molecule is CC1OC(OCC2OC(Cc3c(-c4ccc(O)c(O)c4)oc4cc(O)cc(O)c4c3=O)C(O)C(O)C2O)C(O)C(O)C1O. The minimum atomic E-state index is -1.80. The van der Waals surface area contributed by atoms with Crippen LogP contribution in [0.1, 0.15) is 12.5 Å². The third-order valence-corrected chi connectivity index (χ3v) is 7.74. The van der Waals surface area contributed by atoms with Crippen LogP contribution in [0.5, 0.6) is 23.0 Å². The van der Waals surface area contributed by atoms with Gasteiger partial charge in [0.2, 0.25) is 0 Å². The molecule has 1 aromatic heterocycles. The summed E-state index contributed by atoms with van der Waals surface area (Å²) in [5.74, 6) is -2.20. The lowest BCUT2D eigenvalue weighted by Gasteiger charge is -2.42. The van der Waals surface area contributed by atoms with E-state index in [4.69, 9.17) is 18.6 Å². The first-order valence-corrected chi connectivity index (χ1v) is 13.3. The number of phenolic OH excluding ortho intramolecular Hbond substituents is 4. The highest BCUT2D eigenvalue weighted by Gasteiger charge is 2.46. The Balaban J connectivity index is 1.48. The molecule has 15 nitrogen and oxygen atoms in total. The smallest absolute Gasteiger partial charge is 0.200 e. The molecule has 234 valence electrons. The van der Waals surface area contributed by atoms with Gasteiger partial charge in [0.25, 0.3) is 0 Å². The highest BCUT2D eigenvalue weighted by Crippen LogP contribution is 2.37. The molecule has 10 unspecified atom stereocenters. The minimum absolute atomic E-state index is 0.0937. The van der Waals surface area contributed by atoms with Crippen molar-refractivity contribution in [2.45, 2.75) is 74.6 Å². The second kappa shape index (κ2) is 11.9. The average molecular weight is 609 g/mol. The van der Waals surface area contributed by atoms with Gasteiger partial charge in [-0.3, -0.25) is 4.79 Å². The molecule has 0 radical (unpaired) electrons. The molecule has 3 heterocycles. The molecule has 2 fully saturated rings. The van der Waals surface area contributed by atoms with Crippen LogP contribution >= 0.6 is 0 Å². The van der Waals surface area contributed by atoms with Gasteiger partial charge in [0.05, 0.1) is 18.8 Å². The largest absolute Gasteiger partial charge is 0.508 e. The van der Waals surface area contributed by atoms with E-state index in [0.29, 0.717) is 0 Å². The van der Waals surface area contributed by atoms with Gasteiger partial charge in [0.1, 0.15) is 71.0 Å². The molecule has 0 bridgehead atoms. The normalized spacial score (nSPS) is 33.1. The van der Waals surface area contributed by atoms with Gasteiger partial charge in [-0.05, 0) is 25.1 Å². The second-order valence-corrected chi connectivity index (χ2v) is 10.7. The van der Waals surface area contributed by atoms with Crippen molar-refractivity contribution in [3.63, 3.8) is 0 Å². The molecule has 3 aromatic rings. The zero-order chi connectivity index (χ0) is 31.3. The Morgan fingerprint density at radius 2 is 1.42 bits per heavy atom. The van der Waals surface area contributed by atoms with Crippen LogP contribution < -0.4 is 5.43 Å². The van der Waals surface area contributed by atoms with Gasteiger partial charge in [-0.2, -0.15) is 0 Å². The number of ether oxygens (including phenoxy) is 3. The number of benzene rings is 2. The van der Waals surface area contributed by atoms with Crippen LogP contribution in [0.2, 0.25) is 0 Å². The first-order chi connectivity index (χ1) is 20.3. The Labute approximate surface area is 242 Å². The summed E-state index contributed by atoms with van der Waals surface area (Å²) in [7, 11) is 0. The van der Waals surface area contributed by atoms with Gasteiger partial charge >= 0.3 is 0 Å². The van der Waals surface area contributed by atoms with E-state index in [1.54, 1.807) is 0 Å². The zero-order valence-electron chi connectivity index (χ0n) is 22.6. The molecule has 0 spiro atoms. The van der Waals surface area contributed by atoms with Crippen LogP contribution in [0.3, 0.4) is 0 Å². The van der Waals surface area contributed by atoms with Gasteiger partial charge in [-0.25, -0.2) is 0 Å². The van der Waals surface area contributed by atoms with Gasteiger partial charge < -0.3 is 69.7 Å². The Bertz CT molecular complexity index is 1540. The lowest BCUT2D eigenvalue weighted by molar-refractivity contribution is -0.308. The average Bonchev–Trinajstić information content (AvgIpc) is 2.96. The maximum atomic E-state index is 13.7. The number of phenols is 4. The third kappa shape index (κ3) is 5.74. The van der Waals surface area contributed by atoms with Crippen LogP contribution in [0.15, 0.2) is 39.5 Å². The van der Waals surface area contributed by atoms with E-state index in [9.17, 15) is 55.9 Å². The number of hydrogen-bond acceptors (Lipinski definition) is 15. The van der Waals surface area contributed by atoms with Gasteiger partial charge in [-0.15, -0.1) is 0 Å². The van der Waals surface area contributed by atoms with Crippen LogP contribution in [0.4, 0.5) is 0 Å². The molecule has 5 rings (SSSR count). The molecule has 10 atom stereocenters. The molecule has 2 aliphatic heterocycles. The molecule has 0 amide bonds. The predicted octanol–water partition coefficient (Wildman–Crippen LogP) is -1.48. The quantitative estimate of drug-likeness (QED) is 0.143. The van der Waals surface area contributed by atoms with E-state index in [1.807, 2.05) is 0 Å². The summed E-state index contributed by atoms with van der Waals surface area (Å²) in [4.78, 5) is 13.7. The van der Waals surface area contributed by atoms with Crippen molar-refractivity contribution in [3.05, 3.63) is 46.1 Å². The number of aliphatic hydroxyl groups is 6. The number of aromatic hydroxyl groups is 4. The molecular formula is C28H32O15. The monoisotopic (exact) mass is 608 g/mol. The molecule has 2 saturated heterocycles. The molecule has 0 saturated carbocycles. The van der Waals surface area contributed by atoms with E-state index in [-0.39, 0.29) is 27.9 Å². The lowest BCUT2D eigenvalue weighted by atomic mass is 9.90. The lowest BCUT2D eigenvalue weighted by Crippen LogP contribution is -2.61. The van der Waals surface area contributed by atoms with Crippen molar-refractivity contribution in [2.75, 3.05) is 6.61 Å². The minimum Gasteiger partial charge on any atom is -0.508 e. The molecule has 43 heavy (non-hydrogen) atoms. The van der Waals surface area contributed by atoms with Crippen LogP contribution in [-0.2, 0) is 20.6 Å². The van der Waals surface area contributed by atoms with Crippen molar-refractivity contribution >= 4 is 11.0 Å². The van der Waals surface area contributed by atoms with Crippen molar-refractivity contribution in [1.82, 2.24) is 0 Å². The molecule has 2 aromatic carbocycles. The summed E-state index contributed by atoms with van der Waals surface area (Å²) in [5.41, 5.74) is -1.11. The summed E-state index contributed by atoms with van der Waals surface area (Å²) >= 11 is 0. The van der Waals surface area contributed by atoms with E-state index in [1.165, 1.54) is 13.0 Å². The number of hydrogen-bond donors (Lipinski definition) is 10. The first kappa shape index (κ1) is 30.9. The Kier molecular flexibility index (Phi) is 8.54. The molecule has 0 aliphatic carbocycles. The third-order valence-electron chi connectivity index (χ3n) is 7.74. The van der Waals surface area contributed by atoms with Crippen molar-refractivity contribution in [2.24, 2.45) is 0 Å². The van der Waals surface area contributed by atoms with Crippen LogP contribution in [0.25, 0.3) is 22.3 Å². The highest BCUT2D eigenvalue weighted by atomic mass is 16.7. The molecular weight excluding hydrogens is 576 g/mol. The summed E-state index contributed by atoms with van der Waals surface area (Å²) in [6.45, 7) is 0.918. The van der Waals surface area contributed by atoms with E-state index in [2.05, 4.69) is 0 Å². The van der Waals surface area contributed by atoms with Gasteiger partial charge in [0.15, 0.2) is 23.2 Å². The highest BCUT2D eigenvalue weighted by molar-refractivity contribution is 5.87. The fourth-order valence-electron chi connectivity index (χ4n) is 5.28. The van der Waals surface area contributed by atoms with E-state index < -0.39 is 103 Å². The predicted molar refractivity (Wildman–Crippen MR) is 143 cm³/mol. The number of fused-ring (bicyclic) bond motifs is 1. The summed E-state index contributed by atoms with van der Waals surface area (Å²) in [6.07, 6.45) is -15.4. The standard InChI is InChI=1S/C28H32O15/c1-9-20(33)24(37)26(39)28(41-9)40-8-18-23(36)25(38)22(35)17(42-18)7-12-21(34)19-15(32)5-11(29)6-16(19)43-27(12)10-2-3-13(30)14(31)4-10/h2-6,9,17-18,20,22-26,28-33,35-39H,7-8H2,1H3.